The summed E-state index contributed by atoms with van der Waals surface area (Å²) in [5.41, 5.74) is 1.12. The predicted molar refractivity (Wildman–Crippen MR) is 130 cm³/mol. The number of carbonyl (C=O) groups is 2. The molecule has 2 aromatic carbocycles. The number of carbonyl (C=O) groups excluding carboxylic acids is 2. The quantitative estimate of drug-likeness (QED) is 0.163. The van der Waals surface area contributed by atoms with Gasteiger partial charge in [-0.2, -0.15) is 0 Å². The SMILES string of the molecule is C=CCOc1ccc(C2C(=C(O)c3cccc(OCCCC)c3)C(=O)C(=O)N2CCOC)cc1. The van der Waals surface area contributed by atoms with E-state index in [1.165, 1.54) is 12.0 Å². The van der Waals surface area contributed by atoms with Crippen LogP contribution >= 0.6 is 0 Å². The predicted octanol–water partition coefficient (Wildman–Crippen LogP) is 4.50. The maximum atomic E-state index is 13.1. The van der Waals surface area contributed by atoms with Crippen LogP contribution in [0, 0.1) is 0 Å². The highest BCUT2D eigenvalue weighted by Gasteiger charge is 2.45. The highest BCUT2D eigenvalue weighted by molar-refractivity contribution is 6.46. The first kappa shape index (κ1) is 25.1. The first-order chi connectivity index (χ1) is 16.5. The smallest absolute Gasteiger partial charge is 0.295 e. The maximum Gasteiger partial charge on any atom is 0.295 e. The summed E-state index contributed by atoms with van der Waals surface area (Å²) >= 11 is 0. The van der Waals surface area contributed by atoms with Crippen molar-refractivity contribution in [3.05, 3.63) is 77.9 Å². The van der Waals surface area contributed by atoms with Gasteiger partial charge in [-0.3, -0.25) is 9.59 Å². The van der Waals surface area contributed by atoms with Gasteiger partial charge in [0.2, 0.25) is 0 Å². The van der Waals surface area contributed by atoms with Crippen molar-refractivity contribution in [3.63, 3.8) is 0 Å². The molecular weight excluding hydrogens is 434 g/mol. The zero-order chi connectivity index (χ0) is 24.5. The van der Waals surface area contributed by atoms with Crippen molar-refractivity contribution >= 4 is 17.4 Å². The first-order valence-corrected chi connectivity index (χ1v) is 11.4. The number of aliphatic hydroxyl groups excluding tert-OH is 1. The van der Waals surface area contributed by atoms with Crippen LogP contribution in [-0.2, 0) is 14.3 Å². The van der Waals surface area contributed by atoms with Crippen molar-refractivity contribution in [2.24, 2.45) is 0 Å². The molecule has 0 spiro atoms. The molecule has 7 nitrogen and oxygen atoms in total. The van der Waals surface area contributed by atoms with E-state index in [0.29, 0.717) is 35.8 Å². The van der Waals surface area contributed by atoms with Crippen molar-refractivity contribution in [1.29, 1.82) is 0 Å². The Morgan fingerprint density at radius 2 is 1.85 bits per heavy atom. The van der Waals surface area contributed by atoms with Crippen LogP contribution in [0.1, 0.15) is 36.9 Å². The van der Waals surface area contributed by atoms with Gasteiger partial charge in [0.15, 0.2) is 0 Å². The summed E-state index contributed by atoms with van der Waals surface area (Å²) in [6.45, 7) is 7.09. The van der Waals surface area contributed by atoms with Crippen molar-refractivity contribution in [2.45, 2.75) is 25.8 Å². The van der Waals surface area contributed by atoms with Crippen LogP contribution in [0.15, 0.2) is 66.8 Å². The van der Waals surface area contributed by atoms with Gasteiger partial charge in [-0.25, -0.2) is 0 Å². The Morgan fingerprint density at radius 1 is 1.09 bits per heavy atom. The van der Waals surface area contributed by atoms with Gasteiger partial charge in [-0.15, -0.1) is 0 Å². The van der Waals surface area contributed by atoms with E-state index in [-0.39, 0.29) is 24.5 Å². The monoisotopic (exact) mass is 465 g/mol. The number of benzene rings is 2. The number of hydrogen-bond donors (Lipinski definition) is 1. The number of ketones is 1. The minimum Gasteiger partial charge on any atom is -0.507 e. The fourth-order valence-electron chi connectivity index (χ4n) is 3.77. The van der Waals surface area contributed by atoms with Crippen LogP contribution in [0.3, 0.4) is 0 Å². The van der Waals surface area contributed by atoms with Gasteiger partial charge in [0, 0.05) is 19.2 Å². The van der Waals surface area contributed by atoms with Crippen LogP contribution in [0.2, 0.25) is 0 Å². The average molecular weight is 466 g/mol. The fraction of sp³-hybridized carbons (Fsp3) is 0.333. The third kappa shape index (κ3) is 5.66. The van der Waals surface area contributed by atoms with E-state index in [2.05, 4.69) is 13.5 Å². The van der Waals surface area contributed by atoms with Crippen LogP contribution in [-0.4, -0.2) is 55.2 Å². The molecule has 1 saturated heterocycles. The molecule has 1 fully saturated rings. The lowest BCUT2D eigenvalue weighted by Crippen LogP contribution is -2.32. The maximum absolute atomic E-state index is 13.1. The van der Waals surface area contributed by atoms with E-state index in [1.54, 1.807) is 54.6 Å². The van der Waals surface area contributed by atoms with E-state index < -0.39 is 17.7 Å². The van der Waals surface area contributed by atoms with Gasteiger partial charge in [0.05, 0.1) is 24.8 Å². The van der Waals surface area contributed by atoms with Gasteiger partial charge < -0.3 is 24.2 Å². The minimum atomic E-state index is -0.756. The van der Waals surface area contributed by atoms with E-state index in [4.69, 9.17) is 14.2 Å². The second-order valence-electron chi connectivity index (χ2n) is 7.88. The highest BCUT2D eigenvalue weighted by Crippen LogP contribution is 2.40. The highest BCUT2D eigenvalue weighted by atomic mass is 16.5. The van der Waals surface area contributed by atoms with Gasteiger partial charge in [0.1, 0.15) is 23.9 Å². The van der Waals surface area contributed by atoms with Gasteiger partial charge in [-0.1, -0.05) is 50.3 Å². The number of Topliss-reactive ketones (excluding diaryl/α,β-unsaturated/α-hetero) is 1. The van der Waals surface area contributed by atoms with Crippen LogP contribution in [0.25, 0.3) is 5.76 Å². The second kappa shape index (κ2) is 12.0. The lowest BCUT2D eigenvalue weighted by Gasteiger charge is -2.25. The summed E-state index contributed by atoms with van der Waals surface area (Å²) in [6, 6.07) is 13.2. The lowest BCUT2D eigenvalue weighted by atomic mass is 9.95. The number of hydrogen-bond acceptors (Lipinski definition) is 6. The molecule has 1 atom stereocenters. The molecule has 0 radical (unpaired) electrons. The van der Waals surface area contributed by atoms with Gasteiger partial charge in [0.25, 0.3) is 11.7 Å². The van der Waals surface area contributed by atoms with Crippen molar-refractivity contribution in [2.75, 3.05) is 33.5 Å². The Bertz CT molecular complexity index is 1040. The van der Waals surface area contributed by atoms with Gasteiger partial charge >= 0.3 is 0 Å². The molecule has 34 heavy (non-hydrogen) atoms. The summed E-state index contributed by atoms with van der Waals surface area (Å²) in [4.78, 5) is 27.4. The summed E-state index contributed by atoms with van der Waals surface area (Å²) in [5, 5.41) is 11.2. The van der Waals surface area contributed by atoms with E-state index in [9.17, 15) is 14.7 Å². The Balaban J connectivity index is 2.02. The van der Waals surface area contributed by atoms with E-state index in [1.807, 2.05) is 0 Å². The number of rotatable bonds is 12. The number of aliphatic hydroxyl groups is 1. The molecule has 1 aliphatic rings. The molecule has 1 heterocycles. The molecule has 1 aliphatic heterocycles. The standard InChI is InChI=1S/C27H31NO6/c1-4-6-16-34-22-9-7-8-20(18-22)25(29)23-24(28(14-17-32-3)27(31)26(23)30)19-10-12-21(13-11-19)33-15-5-2/h5,7-13,18,24,29H,2,4,6,14-17H2,1,3H3. The molecule has 7 heteroatoms. The normalized spacial score (nSPS) is 17.1. The number of nitrogens with zero attached hydrogens (tertiary/aromatic N) is 1. The molecule has 1 amide bonds. The summed E-state index contributed by atoms with van der Waals surface area (Å²) in [5.74, 6) is -0.425. The van der Waals surface area contributed by atoms with Crippen LogP contribution in [0.4, 0.5) is 0 Å². The zero-order valence-corrected chi connectivity index (χ0v) is 19.7. The molecule has 0 aliphatic carbocycles. The number of ether oxygens (including phenoxy) is 3. The van der Waals surface area contributed by atoms with E-state index in [0.717, 1.165) is 12.8 Å². The first-order valence-electron chi connectivity index (χ1n) is 11.4. The molecule has 0 aromatic heterocycles. The molecular formula is C27H31NO6. The fourth-order valence-corrected chi connectivity index (χ4v) is 3.77. The van der Waals surface area contributed by atoms with Crippen molar-refractivity contribution < 1.29 is 28.9 Å². The number of likely N-dealkylation sites (tertiary alicyclic amines) is 1. The Kier molecular flexibility index (Phi) is 8.87. The Labute approximate surface area is 200 Å². The van der Waals surface area contributed by atoms with Crippen molar-refractivity contribution in [3.8, 4) is 11.5 Å². The number of methoxy groups -OCH3 is 1. The molecule has 2 aromatic rings. The second-order valence-corrected chi connectivity index (χ2v) is 7.88. The molecule has 1 unspecified atom stereocenters. The molecule has 180 valence electrons. The zero-order valence-electron chi connectivity index (χ0n) is 19.7. The summed E-state index contributed by atoms with van der Waals surface area (Å²) < 4.78 is 16.4. The minimum absolute atomic E-state index is 0.0339. The van der Waals surface area contributed by atoms with Crippen molar-refractivity contribution in [1.82, 2.24) is 4.90 Å². The molecule has 0 saturated carbocycles. The largest absolute Gasteiger partial charge is 0.507 e. The molecule has 3 rings (SSSR count). The van der Waals surface area contributed by atoms with Crippen LogP contribution < -0.4 is 9.47 Å². The summed E-state index contributed by atoms with van der Waals surface area (Å²) in [6.07, 6.45) is 3.56. The summed E-state index contributed by atoms with van der Waals surface area (Å²) in [7, 11) is 1.53. The molecule has 0 bridgehead atoms. The Morgan fingerprint density at radius 3 is 2.53 bits per heavy atom. The molecule has 1 N–H and O–H groups in total. The third-order valence-electron chi connectivity index (χ3n) is 5.51. The number of unbranched alkanes of at least 4 members (excludes halogenated alkanes) is 1. The average Bonchev–Trinajstić information content (AvgIpc) is 3.11. The van der Waals surface area contributed by atoms with E-state index >= 15 is 0 Å². The van der Waals surface area contributed by atoms with Crippen LogP contribution in [0.5, 0.6) is 11.5 Å². The topological polar surface area (TPSA) is 85.3 Å². The lowest BCUT2D eigenvalue weighted by molar-refractivity contribution is -0.140. The third-order valence-corrected chi connectivity index (χ3v) is 5.51. The van der Waals surface area contributed by atoms with Gasteiger partial charge in [-0.05, 0) is 36.2 Å². The Hall–Kier alpha value is -3.58. The number of amides is 1.